The summed E-state index contributed by atoms with van der Waals surface area (Å²) in [5, 5.41) is 15.7. The third-order valence-electron chi connectivity index (χ3n) is 6.70. The SMILES string of the molecule is Cc1ccc(-c2nnn(CC(=O)N(Cc3ccc4c(c3)OCO4)[C@H](C)C(=O)NC3CCCC3)n2)cc1. The molecule has 3 aromatic rings. The molecule has 0 bridgehead atoms. The zero-order chi connectivity index (χ0) is 25.1. The number of hydrogen-bond donors (Lipinski definition) is 1. The van der Waals surface area contributed by atoms with Gasteiger partial charge < -0.3 is 19.7 Å². The topological polar surface area (TPSA) is 111 Å². The average molecular weight is 491 g/mol. The quantitative estimate of drug-likeness (QED) is 0.517. The van der Waals surface area contributed by atoms with Gasteiger partial charge in [0.1, 0.15) is 12.6 Å². The first-order chi connectivity index (χ1) is 17.5. The van der Waals surface area contributed by atoms with Crippen LogP contribution in [0.15, 0.2) is 42.5 Å². The van der Waals surface area contributed by atoms with Crippen molar-refractivity contribution >= 4 is 11.8 Å². The zero-order valence-electron chi connectivity index (χ0n) is 20.5. The molecule has 1 atom stereocenters. The van der Waals surface area contributed by atoms with Crippen LogP contribution in [0.2, 0.25) is 0 Å². The second-order valence-corrected chi connectivity index (χ2v) is 9.38. The minimum absolute atomic E-state index is 0.134. The summed E-state index contributed by atoms with van der Waals surface area (Å²) < 4.78 is 10.9. The third-order valence-corrected chi connectivity index (χ3v) is 6.70. The molecule has 0 unspecified atom stereocenters. The monoisotopic (exact) mass is 490 g/mol. The zero-order valence-corrected chi connectivity index (χ0v) is 20.5. The van der Waals surface area contributed by atoms with E-state index in [9.17, 15) is 9.59 Å². The molecule has 10 nitrogen and oxygen atoms in total. The molecule has 0 radical (unpaired) electrons. The Labute approximate surface area is 209 Å². The van der Waals surface area contributed by atoms with Crippen molar-refractivity contribution in [1.29, 1.82) is 0 Å². The predicted octanol–water partition coefficient (Wildman–Crippen LogP) is 2.85. The number of aryl methyl sites for hydroxylation is 1. The maximum atomic E-state index is 13.5. The van der Waals surface area contributed by atoms with Crippen LogP contribution in [0.4, 0.5) is 0 Å². The average Bonchev–Trinajstić information content (AvgIpc) is 3.64. The van der Waals surface area contributed by atoms with Crippen molar-refractivity contribution < 1.29 is 19.1 Å². The Bertz CT molecular complexity index is 1240. The molecule has 0 saturated heterocycles. The minimum Gasteiger partial charge on any atom is -0.454 e. The molecule has 1 saturated carbocycles. The highest BCUT2D eigenvalue weighted by Crippen LogP contribution is 2.33. The summed E-state index contributed by atoms with van der Waals surface area (Å²) in [6, 6.07) is 12.8. The number of aromatic nitrogens is 4. The molecule has 1 aromatic heterocycles. The number of hydrogen-bond acceptors (Lipinski definition) is 7. The molecule has 2 heterocycles. The van der Waals surface area contributed by atoms with Crippen molar-refractivity contribution in [3.05, 3.63) is 53.6 Å². The van der Waals surface area contributed by atoms with Crippen molar-refractivity contribution in [3.8, 4) is 22.9 Å². The van der Waals surface area contributed by atoms with Gasteiger partial charge in [-0.25, -0.2) is 0 Å². The van der Waals surface area contributed by atoms with E-state index >= 15 is 0 Å². The molecule has 5 rings (SSSR count). The van der Waals surface area contributed by atoms with E-state index in [-0.39, 0.29) is 37.7 Å². The standard InChI is InChI=1S/C26H30N6O4/c1-17-7-10-20(11-8-17)25-28-30-32(29-25)15-24(33)31(18(2)26(34)27-21-5-3-4-6-21)14-19-9-12-22-23(13-19)36-16-35-22/h7-13,18,21H,3-6,14-16H2,1-2H3,(H,27,34)/t18-/m1/s1. The number of carbonyl (C=O) groups excluding carboxylic acids is 2. The van der Waals surface area contributed by atoms with E-state index in [2.05, 4.69) is 20.7 Å². The maximum absolute atomic E-state index is 13.5. The fourth-order valence-corrected chi connectivity index (χ4v) is 4.55. The van der Waals surface area contributed by atoms with E-state index < -0.39 is 6.04 Å². The smallest absolute Gasteiger partial charge is 0.247 e. The lowest BCUT2D eigenvalue weighted by Crippen LogP contribution is -2.50. The van der Waals surface area contributed by atoms with Crippen LogP contribution in [0.5, 0.6) is 11.5 Å². The number of fused-ring (bicyclic) bond motifs is 1. The normalized spacial score (nSPS) is 15.6. The Morgan fingerprint density at radius 3 is 2.64 bits per heavy atom. The number of carbonyl (C=O) groups is 2. The lowest BCUT2D eigenvalue weighted by Gasteiger charge is -2.29. The number of ether oxygens (including phenoxy) is 2. The van der Waals surface area contributed by atoms with Gasteiger partial charge in [-0.1, -0.05) is 48.7 Å². The largest absolute Gasteiger partial charge is 0.454 e. The number of rotatable bonds is 8. The number of nitrogens with one attached hydrogen (secondary N) is 1. The summed E-state index contributed by atoms with van der Waals surface area (Å²) >= 11 is 0. The second-order valence-electron chi connectivity index (χ2n) is 9.38. The van der Waals surface area contributed by atoms with Gasteiger partial charge in [-0.15, -0.1) is 10.2 Å². The lowest BCUT2D eigenvalue weighted by atomic mass is 10.1. The van der Waals surface area contributed by atoms with Gasteiger partial charge in [-0.2, -0.15) is 4.80 Å². The first-order valence-electron chi connectivity index (χ1n) is 12.3. The molecular weight excluding hydrogens is 460 g/mol. The highest BCUT2D eigenvalue weighted by Gasteiger charge is 2.29. The van der Waals surface area contributed by atoms with Crippen molar-refractivity contribution in [2.24, 2.45) is 0 Å². The van der Waals surface area contributed by atoms with Gasteiger partial charge in [0.05, 0.1) is 0 Å². The second kappa shape index (κ2) is 10.3. The predicted molar refractivity (Wildman–Crippen MR) is 131 cm³/mol. The minimum atomic E-state index is -0.677. The summed E-state index contributed by atoms with van der Waals surface area (Å²) in [5.74, 6) is 1.29. The van der Waals surface area contributed by atoms with Gasteiger partial charge in [-0.3, -0.25) is 9.59 Å². The van der Waals surface area contributed by atoms with Gasteiger partial charge in [0, 0.05) is 18.2 Å². The lowest BCUT2D eigenvalue weighted by molar-refractivity contribution is -0.141. The number of amides is 2. The molecule has 188 valence electrons. The molecular formula is C26H30N6O4. The highest BCUT2D eigenvalue weighted by atomic mass is 16.7. The van der Waals surface area contributed by atoms with Gasteiger partial charge in [-0.05, 0) is 49.6 Å². The molecule has 10 heteroatoms. The molecule has 36 heavy (non-hydrogen) atoms. The van der Waals surface area contributed by atoms with E-state index in [1.54, 1.807) is 11.8 Å². The van der Waals surface area contributed by atoms with Crippen LogP contribution in [0.25, 0.3) is 11.4 Å². The number of tetrazole rings is 1. The van der Waals surface area contributed by atoms with Gasteiger partial charge in [0.15, 0.2) is 11.5 Å². The van der Waals surface area contributed by atoms with Gasteiger partial charge >= 0.3 is 0 Å². The number of nitrogens with zero attached hydrogens (tertiary/aromatic N) is 5. The van der Waals surface area contributed by atoms with Gasteiger partial charge in [0.25, 0.3) is 0 Å². The molecule has 1 N–H and O–H groups in total. The molecule has 2 aliphatic rings. The molecule has 0 spiro atoms. The Balaban J connectivity index is 1.33. The summed E-state index contributed by atoms with van der Waals surface area (Å²) in [6.07, 6.45) is 4.17. The first kappa shape index (κ1) is 23.8. The van der Waals surface area contributed by atoms with Crippen LogP contribution in [-0.4, -0.2) is 55.8 Å². The molecule has 1 aliphatic heterocycles. The van der Waals surface area contributed by atoms with Crippen LogP contribution in [0.1, 0.15) is 43.7 Å². The van der Waals surface area contributed by atoms with E-state index in [0.717, 1.165) is 42.4 Å². The van der Waals surface area contributed by atoms with Crippen molar-refractivity contribution in [2.45, 2.75) is 64.7 Å². The number of benzene rings is 2. The Morgan fingerprint density at radius 1 is 1.11 bits per heavy atom. The summed E-state index contributed by atoms with van der Waals surface area (Å²) in [7, 11) is 0. The van der Waals surface area contributed by atoms with Crippen molar-refractivity contribution in [3.63, 3.8) is 0 Å². The van der Waals surface area contributed by atoms with Crippen LogP contribution >= 0.6 is 0 Å². The fraction of sp³-hybridized carbons (Fsp3) is 0.423. The highest BCUT2D eigenvalue weighted by molar-refractivity contribution is 5.87. The third kappa shape index (κ3) is 5.32. The molecule has 1 aliphatic carbocycles. The van der Waals surface area contributed by atoms with E-state index in [0.29, 0.717) is 17.3 Å². The van der Waals surface area contributed by atoms with Crippen LogP contribution in [0.3, 0.4) is 0 Å². The van der Waals surface area contributed by atoms with E-state index in [1.165, 1.54) is 4.80 Å². The molecule has 1 fully saturated rings. The fourth-order valence-electron chi connectivity index (χ4n) is 4.55. The Kier molecular flexibility index (Phi) is 6.84. The Morgan fingerprint density at radius 2 is 1.86 bits per heavy atom. The Hall–Kier alpha value is -3.95. The van der Waals surface area contributed by atoms with E-state index in [4.69, 9.17) is 9.47 Å². The van der Waals surface area contributed by atoms with E-state index in [1.807, 2.05) is 49.4 Å². The first-order valence-corrected chi connectivity index (χ1v) is 12.3. The van der Waals surface area contributed by atoms with Crippen molar-refractivity contribution in [1.82, 2.24) is 30.4 Å². The summed E-state index contributed by atoms with van der Waals surface area (Å²) in [4.78, 5) is 29.4. The van der Waals surface area contributed by atoms with Crippen LogP contribution in [0, 0.1) is 6.92 Å². The van der Waals surface area contributed by atoms with Gasteiger partial charge in [0.2, 0.25) is 24.4 Å². The van der Waals surface area contributed by atoms with Crippen LogP contribution in [-0.2, 0) is 22.7 Å². The molecule has 2 aromatic carbocycles. The molecule has 2 amide bonds. The van der Waals surface area contributed by atoms with Crippen molar-refractivity contribution in [2.75, 3.05) is 6.79 Å². The summed E-state index contributed by atoms with van der Waals surface area (Å²) in [5.41, 5.74) is 2.78. The summed E-state index contributed by atoms with van der Waals surface area (Å²) in [6.45, 7) is 4.02. The van der Waals surface area contributed by atoms with Crippen LogP contribution < -0.4 is 14.8 Å². The maximum Gasteiger partial charge on any atom is 0.247 e.